The molecule has 2 N–H and O–H groups in total. The number of nitrogens with one attached hydrogen (secondary N) is 2. The van der Waals surface area contributed by atoms with Crippen LogP contribution in [0.4, 0.5) is 0 Å². The molecule has 5 heteroatoms. The molecule has 1 saturated heterocycles. The Morgan fingerprint density at radius 3 is 2.43 bits per heavy atom. The molecule has 0 aromatic heterocycles. The quantitative estimate of drug-likeness (QED) is 0.399. The van der Waals surface area contributed by atoms with Crippen LogP contribution >= 0.6 is 24.0 Å². The lowest BCUT2D eigenvalue weighted by molar-refractivity contribution is 0.105. The summed E-state index contributed by atoms with van der Waals surface area (Å²) in [7, 11) is 1.91. The molecule has 1 heterocycles. The third kappa shape index (κ3) is 3.80. The van der Waals surface area contributed by atoms with Crippen LogP contribution in [0.5, 0.6) is 0 Å². The highest BCUT2D eigenvalue weighted by Crippen LogP contribution is 2.56. The fourth-order valence-electron chi connectivity index (χ4n) is 4.62. The molecule has 0 spiro atoms. The van der Waals surface area contributed by atoms with Gasteiger partial charge in [0, 0.05) is 38.8 Å². The van der Waals surface area contributed by atoms with Crippen LogP contribution in [0.15, 0.2) is 4.99 Å². The summed E-state index contributed by atoms with van der Waals surface area (Å²) in [4.78, 5) is 7.16. The number of guanidine groups is 1. The van der Waals surface area contributed by atoms with Gasteiger partial charge in [-0.25, -0.2) is 0 Å². The second kappa shape index (κ2) is 7.06. The Labute approximate surface area is 158 Å². The van der Waals surface area contributed by atoms with Gasteiger partial charge in [0.1, 0.15) is 0 Å². The zero-order chi connectivity index (χ0) is 15.2. The van der Waals surface area contributed by atoms with Crippen molar-refractivity contribution in [3.63, 3.8) is 0 Å². The van der Waals surface area contributed by atoms with Crippen LogP contribution in [0.3, 0.4) is 0 Å². The third-order valence-corrected chi connectivity index (χ3v) is 6.65. The van der Waals surface area contributed by atoms with Gasteiger partial charge >= 0.3 is 0 Å². The molecule has 2 unspecified atom stereocenters. The lowest BCUT2D eigenvalue weighted by Gasteiger charge is -2.43. The molecule has 23 heavy (non-hydrogen) atoms. The molecular formula is C18H33IN4. The normalized spacial score (nSPS) is 33.7. The van der Waals surface area contributed by atoms with Crippen molar-refractivity contribution in [3.05, 3.63) is 0 Å². The van der Waals surface area contributed by atoms with E-state index in [-0.39, 0.29) is 24.0 Å². The first-order valence-corrected chi connectivity index (χ1v) is 9.41. The summed E-state index contributed by atoms with van der Waals surface area (Å²) in [5.74, 6) is 2.75. The van der Waals surface area contributed by atoms with E-state index in [0.29, 0.717) is 11.5 Å². The van der Waals surface area contributed by atoms with Crippen molar-refractivity contribution < 1.29 is 0 Å². The first-order chi connectivity index (χ1) is 10.7. The van der Waals surface area contributed by atoms with Gasteiger partial charge < -0.3 is 10.6 Å². The molecule has 0 aromatic rings. The van der Waals surface area contributed by atoms with Crippen molar-refractivity contribution in [3.8, 4) is 0 Å². The van der Waals surface area contributed by atoms with Gasteiger partial charge in [-0.2, -0.15) is 0 Å². The molecule has 0 aromatic carbocycles. The number of rotatable bonds is 5. The van der Waals surface area contributed by atoms with Gasteiger partial charge in [0.15, 0.2) is 5.96 Å². The van der Waals surface area contributed by atoms with E-state index in [1.807, 2.05) is 7.05 Å². The lowest BCUT2D eigenvalue weighted by atomic mass is 9.65. The second-order valence-electron chi connectivity index (χ2n) is 8.33. The van der Waals surface area contributed by atoms with Crippen LogP contribution in [0.25, 0.3) is 0 Å². The molecule has 132 valence electrons. The number of nitrogens with zero attached hydrogens (tertiary/aromatic N) is 2. The van der Waals surface area contributed by atoms with E-state index < -0.39 is 0 Å². The summed E-state index contributed by atoms with van der Waals surface area (Å²) in [6, 6.07) is 1.45. The summed E-state index contributed by atoms with van der Waals surface area (Å²) >= 11 is 0. The monoisotopic (exact) mass is 432 g/mol. The number of hydrogen-bond acceptors (Lipinski definition) is 2. The molecule has 3 saturated carbocycles. The van der Waals surface area contributed by atoms with Gasteiger partial charge in [-0.1, -0.05) is 13.3 Å². The summed E-state index contributed by atoms with van der Waals surface area (Å²) < 4.78 is 0. The van der Waals surface area contributed by atoms with Gasteiger partial charge in [0.25, 0.3) is 0 Å². The fourth-order valence-corrected chi connectivity index (χ4v) is 4.62. The van der Waals surface area contributed by atoms with Gasteiger partial charge in [-0.05, 0) is 55.8 Å². The molecule has 2 atom stereocenters. The molecule has 0 amide bonds. The van der Waals surface area contributed by atoms with E-state index in [0.717, 1.165) is 30.4 Å². The van der Waals surface area contributed by atoms with Crippen LogP contribution in [-0.4, -0.2) is 49.6 Å². The number of likely N-dealkylation sites (tertiary alicyclic amines) is 1. The SMILES string of the molecule is CN=C(NCC1(C2CC2)CCC1)NC1CN(C2CC2)CC1C.I. The summed E-state index contributed by atoms with van der Waals surface area (Å²) in [6.45, 7) is 5.96. The minimum atomic E-state index is 0. The summed E-state index contributed by atoms with van der Waals surface area (Å²) in [5, 5.41) is 7.37. The van der Waals surface area contributed by atoms with E-state index in [2.05, 4.69) is 27.4 Å². The minimum Gasteiger partial charge on any atom is -0.356 e. The predicted octanol–water partition coefficient (Wildman–Crippen LogP) is 2.83. The topological polar surface area (TPSA) is 39.7 Å². The van der Waals surface area contributed by atoms with E-state index in [4.69, 9.17) is 0 Å². The predicted molar refractivity (Wildman–Crippen MR) is 106 cm³/mol. The van der Waals surface area contributed by atoms with Gasteiger partial charge in [-0.3, -0.25) is 9.89 Å². The average Bonchev–Trinajstić information content (AvgIpc) is 3.35. The van der Waals surface area contributed by atoms with Crippen molar-refractivity contribution in [1.82, 2.24) is 15.5 Å². The summed E-state index contributed by atoms with van der Waals surface area (Å²) in [5.41, 5.74) is 0.610. The largest absolute Gasteiger partial charge is 0.356 e. The standard InChI is InChI=1S/C18H32N4.HI/c1-13-10-22(15-6-7-15)11-16(13)21-17(19-2)20-12-18(8-3-9-18)14-4-5-14;/h13-16H,3-12H2,1-2H3,(H2,19,20,21);1H. The Balaban J connectivity index is 0.00000156. The van der Waals surface area contributed by atoms with Crippen molar-refractivity contribution in [2.24, 2.45) is 22.2 Å². The number of aliphatic imine (C=N–C) groups is 1. The third-order valence-electron chi connectivity index (χ3n) is 6.65. The maximum Gasteiger partial charge on any atom is 0.191 e. The van der Waals surface area contributed by atoms with E-state index in [1.54, 1.807) is 0 Å². The van der Waals surface area contributed by atoms with Crippen LogP contribution in [-0.2, 0) is 0 Å². The van der Waals surface area contributed by atoms with Crippen molar-refractivity contribution in [2.75, 3.05) is 26.7 Å². The highest BCUT2D eigenvalue weighted by Gasteiger charge is 2.49. The Kier molecular flexibility index (Phi) is 5.46. The first-order valence-electron chi connectivity index (χ1n) is 9.41. The first kappa shape index (κ1) is 17.8. The Morgan fingerprint density at radius 2 is 1.91 bits per heavy atom. The zero-order valence-corrected chi connectivity index (χ0v) is 17.0. The number of halogens is 1. The smallest absolute Gasteiger partial charge is 0.191 e. The highest BCUT2D eigenvalue weighted by molar-refractivity contribution is 14.0. The van der Waals surface area contributed by atoms with Gasteiger partial charge in [0.2, 0.25) is 0 Å². The van der Waals surface area contributed by atoms with Gasteiger partial charge in [0.05, 0.1) is 0 Å². The average molecular weight is 432 g/mol. The molecule has 3 aliphatic carbocycles. The molecule has 4 nitrogen and oxygen atoms in total. The Morgan fingerprint density at radius 1 is 1.17 bits per heavy atom. The van der Waals surface area contributed by atoms with Crippen LogP contribution in [0.2, 0.25) is 0 Å². The lowest BCUT2D eigenvalue weighted by Crippen LogP contribution is -2.51. The van der Waals surface area contributed by atoms with E-state index in [1.165, 1.54) is 58.0 Å². The fraction of sp³-hybridized carbons (Fsp3) is 0.944. The number of hydrogen-bond donors (Lipinski definition) is 2. The highest BCUT2D eigenvalue weighted by atomic mass is 127. The minimum absolute atomic E-state index is 0. The maximum atomic E-state index is 4.49. The van der Waals surface area contributed by atoms with Gasteiger partial charge in [-0.15, -0.1) is 24.0 Å². The van der Waals surface area contributed by atoms with Crippen molar-refractivity contribution >= 4 is 29.9 Å². The van der Waals surface area contributed by atoms with Crippen molar-refractivity contribution in [1.29, 1.82) is 0 Å². The Hall–Kier alpha value is -0.0400. The summed E-state index contributed by atoms with van der Waals surface area (Å²) in [6.07, 6.45) is 10.0. The maximum absolute atomic E-state index is 4.49. The molecule has 0 bridgehead atoms. The zero-order valence-electron chi connectivity index (χ0n) is 14.7. The van der Waals surface area contributed by atoms with E-state index in [9.17, 15) is 0 Å². The van der Waals surface area contributed by atoms with Crippen LogP contribution in [0, 0.1) is 17.3 Å². The molecule has 4 rings (SSSR count). The molecule has 4 aliphatic rings. The van der Waals surface area contributed by atoms with Crippen LogP contribution < -0.4 is 10.6 Å². The Bertz CT molecular complexity index is 440. The molecular weight excluding hydrogens is 399 g/mol. The molecule has 4 fully saturated rings. The van der Waals surface area contributed by atoms with Crippen LogP contribution in [0.1, 0.15) is 51.9 Å². The second-order valence-corrected chi connectivity index (χ2v) is 8.33. The molecule has 0 radical (unpaired) electrons. The van der Waals surface area contributed by atoms with Crippen molar-refractivity contribution in [2.45, 2.75) is 64.0 Å². The van der Waals surface area contributed by atoms with E-state index >= 15 is 0 Å². The molecule has 1 aliphatic heterocycles.